The molecule has 0 heterocycles. The van der Waals surface area contributed by atoms with Crippen molar-refractivity contribution in [1.29, 1.82) is 0 Å². The molecule has 0 saturated heterocycles. The molecule has 0 aromatic heterocycles. The van der Waals surface area contributed by atoms with E-state index in [0.29, 0.717) is 13.2 Å². The van der Waals surface area contributed by atoms with Crippen molar-refractivity contribution in [3.8, 4) is 5.75 Å². The van der Waals surface area contributed by atoms with Crippen molar-refractivity contribution in [2.24, 2.45) is 0 Å². The van der Waals surface area contributed by atoms with Gasteiger partial charge in [-0.3, -0.25) is 0 Å². The van der Waals surface area contributed by atoms with Crippen molar-refractivity contribution in [2.45, 2.75) is 39.3 Å². The zero-order valence-electron chi connectivity index (χ0n) is 13.2. The van der Waals surface area contributed by atoms with Gasteiger partial charge in [-0.1, -0.05) is 17.7 Å². The Morgan fingerprint density at radius 3 is 2.60 bits per heavy atom. The van der Waals surface area contributed by atoms with Gasteiger partial charge in [-0.2, -0.15) is 0 Å². The summed E-state index contributed by atoms with van der Waals surface area (Å²) in [6, 6.07) is 6.02. The zero-order valence-corrected chi connectivity index (χ0v) is 13.2. The van der Waals surface area contributed by atoms with E-state index in [2.05, 4.69) is 11.4 Å². The molecule has 4 nitrogen and oxygen atoms in total. The molecule has 1 unspecified atom stereocenters. The van der Waals surface area contributed by atoms with Crippen molar-refractivity contribution in [1.82, 2.24) is 5.32 Å². The number of hydrogen-bond acceptors (Lipinski definition) is 4. The van der Waals surface area contributed by atoms with Crippen LogP contribution in [0.25, 0.3) is 0 Å². The van der Waals surface area contributed by atoms with E-state index < -0.39 is 6.10 Å². The van der Waals surface area contributed by atoms with Crippen LogP contribution in [-0.4, -0.2) is 43.6 Å². The van der Waals surface area contributed by atoms with Crippen LogP contribution >= 0.6 is 0 Å². The minimum Gasteiger partial charge on any atom is -0.491 e. The molecular formula is C16H27NO3. The fraction of sp³-hybridized carbons (Fsp3) is 0.625. The van der Waals surface area contributed by atoms with Crippen molar-refractivity contribution in [2.75, 3.05) is 26.9 Å². The standard InChI is InChI=1S/C16H27NO3/c1-12-6-7-15(13(2)8-12)20-10-14(18)9-17-16(3,4)11-19-5/h6-8,14,17-18H,9-11H2,1-5H3. The number of nitrogens with one attached hydrogen (secondary N) is 1. The summed E-state index contributed by atoms with van der Waals surface area (Å²) in [5.74, 6) is 0.825. The van der Waals surface area contributed by atoms with Crippen LogP contribution in [0.4, 0.5) is 0 Å². The first-order valence-electron chi connectivity index (χ1n) is 6.96. The molecular weight excluding hydrogens is 254 g/mol. The number of rotatable bonds is 8. The molecule has 0 bridgehead atoms. The maximum Gasteiger partial charge on any atom is 0.122 e. The van der Waals surface area contributed by atoms with Crippen LogP contribution in [0.15, 0.2) is 18.2 Å². The van der Waals surface area contributed by atoms with Crippen LogP contribution in [-0.2, 0) is 4.74 Å². The summed E-state index contributed by atoms with van der Waals surface area (Å²) in [7, 11) is 1.67. The number of methoxy groups -OCH3 is 1. The first-order valence-corrected chi connectivity index (χ1v) is 6.96. The Labute approximate surface area is 122 Å². The summed E-state index contributed by atoms with van der Waals surface area (Å²) >= 11 is 0. The van der Waals surface area contributed by atoms with Gasteiger partial charge in [0.25, 0.3) is 0 Å². The van der Waals surface area contributed by atoms with Crippen molar-refractivity contribution < 1.29 is 14.6 Å². The third kappa shape index (κ3) is 5.90. The number of hydrogen-bond donors (Lipinski definition) is 2. The molecule has 0 saturated carbocycles. The van der Waals surface area contributed by atoms with Crippen LogP contribution in [0.1, 0.15) is 25.0 Å². The van der Waals surface area contributed by atoms with E-state index in [4.69, 9.17) is 9.47 Å². The lowest BCUT2D eigenvalue weighted by Crippen LogP contribution is -2.47. The molecule has 1 aromatic rings. The predicted molar refractivity (Wildman–Crippen MR) is 81.4 cm³/mol. The molecule has 0 amide bonds. The zero-order chi connectivity index (χ0) is 15.2. The third-order valence-corrected chi connectivity index (χ3v) is 3.08. The van der Waals surface area contributed by atoms with Crippen LogP contribution in [0.2, 0.25) is 0 Å². The van der Waals surface area contributed by atoms with Gasteiger partial charge in [-0.15, -0.1) is 0 Å². The molecule has 1 rings (SSSR count). The maximum atomic E-state index is 9.96. The average molecular weight is 281 g/mol. The summed E-state index contributed by atoms with van der Waals surface area (Å²) in [5.41, 5.74) is 2.14. The molecule has 0 aliphatic carbocycles. The second kappa shape index (κ2) is 7.62. The molecule has 0 radical (unpaired) electrons. The lowest BCUT2D eigenvalue weighted by molar-refractivity contribution is 0.0811. The van der Waals surface area contributed by atoms with Gasteiger partial charge in [0.1, 0.15) is 18.5 Å². The summed E-state index contributed by atoms with van der Waals surface area (Å²) in [5, 5.41) is 13.2. The second-order valence-electron chi connectivity index (χ2n) is 5.93. The Balaban J connectivity index is 2.38. The molecule has 114 valence electrons. The highest BCUT2D eigenvalue weighted by molar-refractivity contribution is 5.35. The largest absolute Gasteiger partial charge is 0.491 e. The van der Waals surface area contributed by atoms with Gasteiger partial charge < -0.3 is 19.9 Å². The lowest BCUT2D eigenvalue weighted by Gasteiger charge is -2.27. The highest BCUT2D eigenvalue weighted by Gasteiger charge is 2.18. The smallest absolute Gasteiger partial charge is 0.122 e. The fourth-order valence-electron chi connectivity index (χ4n) is 2.01. The molecule has 20 heavy (non-hydrogen) atoms. The van der Waals surface area contributed by atoms with E-state index in [1.54, 1.807) is 7.11 Å². The fourth-order valence-corrected chi connectivity index (χ4v) is 2.01. The highest BCUT2D eigenvalue weighted by Crippen LogP contribution is 2.18. The van der Waals surface area contributed by atoms with Crippen LogP contribution in [0.5, 0.6) is 5.75 Å². The van der Waals surface area contributed by atoms with Crippen molar-refractivity contribution >= 4 is 0 Å². The highest BCUT2D eigenvalue weighted by atomic mass is 16.5. The van der Waals surface area contributed by atoms with Gasteiger partial charge in [0.15, 0.2) is 0 Å². The number of aryl methyl sites for hydroxylation is 2. The quantitative estimate of drug-likeness (QED) is 0.766. The predicted octanol–water partition coefficient (Wildman–Crippen LogP) is 2.06. The van der Waals surface area contributed by atoms with Gasteiger partial charge in [0.05, 0.1) is 6.61 Å². The number of benzene rings is 1. The Morgan fingerprint density at radius 1 is 1.30 bits per heavy atom. The van der Waals surface area contributed by atoms with Crippen molar-refractivity contribution in [3.05, 3.63) is 29.3 Å². The SMILES string of the molecule is COCC(C)(C)NCC(O)COc1ccc(C)cc1C. The second-order valence-corrected chi connectivity index (χ2v) is 5.93. The van der Waals surface area contributed by atoms with E-state index in [9.17, 15) is 5.11 Å². The van der Waals surface area contributed by atoms with Crippen LogP contribution < -0.4 is 10.1 Å². The Hall–Kier alpha value is -1.10. The first-order chi connectivity index (χ1) is 9.34. The number of ether oxygens (including phenoxy) is 2. The summed E-state index contributed by atoms with van der Waals surface area (Å²) < 4.78 is 10.8. The van der Waals surface area contributed by atoms with E-state index in [1.165, 1.54) is 5.56 Å². The number of aliphatic hydroxyl groups is 1. The number of β-amino-alcohol motifs (C(OH)–C–C–N with tert-alkyl or cyclic N) is 1. The van der Waals surface area contributed by atoms with Gasteiger partial charge >= 0.3 is 0 Å². The van der Waals surface area contributed by atoms with E-state index in [0.717, 1.165) is 11.3 Å². The van der Waals surface area contributed by atoms with Crippen molar-refractivity contribution in [3.63, 3.8) is 0 Å². The molecule has 2 N–H and O–H groups in total. The van der Waals surface area contributed by atoms with E-state index in [-0.39, 0.29) is 12.1 Å². The van der Waals surface area contributed by atoms with Crippen LogP contribution in [0.3, 0.4) is 0 Å². The van der Waals surface area contributed by atoms with Gasteiger partial charge in [0.2, 0.25) is 0 Å². The Bertz CT molecular complexity index is 418. The normalized spacial score (nSPS) is 13.3. The average Bonchev–Trinajstić information content (AvgIpc) is 2.35. The van der Waals surface area contributed by atoms with Gasteiger partial charge in [0, 0.05) is 19.2 Å². The molecule has 0 aliphatic heterocycles. The molecule has 4 heteroatoms. The van der Waals surface area contributed by atoms with E-state index in [1.807, 2.05) is 39.8 Å². The summed E-state index contributed by atoms with van der Waals surface area (Å²) in [6.07, 6.45) is -0.549. The van der Waals surface area contributed by atoms with Gasteiger partial charge in [-0.05, 0) is 39.3 Å². The minimum atomic E-state index is -0.549. The van der Waals surface area contributed by atoms with Gasteiger partial charge in [-0.25, -0.2) is 0 Å². The summed E-state index contributed by atoms with van der Waals surface area (Å²) in [4.78, 5) is 0. The molecule has 0 aliphatic rings. The first kappa shape index (κ1) is 17.0. The summed E-state index contributed by atoms with van der Waals surface area (Å²) in [6.45, 7) is 9.48. The lowest BCUT2D eigenvalue weighted by atomic mass is 10.1. The molecule has 1 atom stereocenters. The topological polar surface area (TPSA) is 50.7 Å². The third-order valence-electron chi connectivity index (χ3n) is 3.08. The molecule has 1 aromatic carbocycles. The van der Waals surface area contributed by atoms with E-state index >= 15 is 0 Å². The molecule has 0 fully saturated rings. The minimum absolute atomic E-state index is 0.157. The monoisotopic (exact) mass is 281 g/mol. The van der Waals surface area contributed by atoms with Crippen LogP contribution in [0, 0.1) is 13.8 Å². The number of aliphatic hydroxyl groups excluding tert-OH is 1. The maximum absolute atomic E-state index is 9.96. The Kier molecular flexibility index (Phi) is 6.46. The molecule has 0 spiro atoms. The Morgan fingerprint density at radius 2 is 2.00 bits per heavy atom.